The summed E-state index contributed by atoms with van der Waals surface area (Å²) in [7, 11) is 0. The molecule has 10 nitrogen and oxygen atoms in total. The van der Waals surface area contributed by atoms with Crippen LogP contribution >= 0.6 is 0 Å². The van der Waals surface area contributed by atoms with Gasteiger partial charge in [-0.2, -0.15) is 4.57 Å². The Bertz CT molecular complexity index is 1120. The molecular weight excluding hydrogens is 488 g/mol. The van der Waals surface area contributed by atoms with E-state index in [1.165, 1.54) is 0 Å². The monoisotopic (exact) mass is 529 g/mol. The average molecular weight is 530 g/mol. The van der Waals surface area contributed by atoms with E-state index in [0.29, 0.717) is 6.42 Å². The summed E-state index contributed by atoms with van der Waals surface area (Å²) in [5, 5.41) is 5.49. The number of nitrogens with one attached hydrogen (secondary N) is 2. The molecule has 0 bridgehead atoms. The molecule has 0 aromatic carbocycles. The smallest absolute Gasteiger partial charge is 0.407 e. The Morgan fingerprint density at radius 2 is 1.66 bits per heavy atom. The van der Waals surface area contributed by atoms with Gasteiger partial charge in [0, 0.05) is 47.9 Å². The van der Waals surface area contributed by atoms with Gasteiger partial charge in [0.1, 0.15) is 13.2 Å². The van der Waals surface area contributed by atoms with Crippen LogP contribution in [0.5, 0.6) is 0 Å². The maximum atomic E-state index is 12.3. The number of nitrogens with zero attached hydrogens (tertiary/aromatic N) is 2. The molecule has 0 fully saturated rings. The number of alkyl carbamates (subject to hydrolysis) is 2. The summed E-state index contributed by atoms with van der Waals surface area (Å²) in [4.78, 5) is 36.6. The fourth-order valence-electron chi connectivity index (χ4n) is 4.48. The summed E-state index contributed by atoms with van der Waals surface area (Å²) in [6.07, 6.45) is 6.68. The first kappa shape index (κ1) is 29.0. The molecule has 0 spiro atoms. The predicted octanol–water partition coefficient (Wildman–Crippen LogP) is 4.35. The molecule has 0 radical (unpaired) electrons. The van der Waals surface area contributed by atoms with Crippen molar-refractivity contribution in [3.63, 3.8) is 0 Å². The number of ether oxygens (including phenoxy) is 3. The average Bonchev–Trinajstić information content (AvgIpc) is 3.43. The first-order valence-corrected chi connectivity index (χ1v) is 13.4. The van der Waals surface area contributed by atoms with Gasteiger partial charge in [0.15, 0.2) is 12.4 Å². The van der Waals surface area contributed by atoms with Crippen LogP contribution < -0.4 is 15.2 Å². The summed E-state index contributed by atoms with van der Waals surface area (Å²) in [6.45, 7) is 10.5. The number of hydrogen-bond acceptors (Lipinski definition) is 6. The lowest BCUT2D eigenvalue weighted by atomic mass is 10.0. The number of carbonyl (C=O) groups excluding carboxylic acids is 3. The fourth-order valence-corrected chi connectivity index (χ4v) is 4.48. The SMILES string of the molecule is CCCCC(=O)OC[n+]1cccc(-c2c(COC(=O)NC(C)C)c(COC(=O)NC(C)C)c3n2CCC3)c1. The number of carbonyl (C=O) groups is 3. The van der Waals surface area contributed by atoms with Crippen LogP contribution in [0.1, 0.15) is 77.1 Å². The van der Waals surface area contributed by atoms with Crippen molar-refractivity contribution in [3.05, 3.63) is 41.3 Å². The van der Waals surface area contributed by atoms with Gasteiger partial charge in [0.25, 0.3) is 6.73 Å². The molecule has 0 saturated heterocycles. The number of esters is 1. The van der Waals surface area contributed by atoms with Crippen molar-refractivity contribution in [1.29, 1.82) is 0 Å². The summed E-state index contributed by atoms with van der Waals surface area (Å²) in [5.74, 6) is -0.224. The predicted molar refractivity (Wildman–Crippen MR) is 141 cm³/mol. The molecule has 2 amide bonds. The molecule has 3 rings (SSSR count). The highest BCUT2D eigenvalue weighted by atomic mass is 16.6. The van der Waals surface area contributed by atoms with E-state index >= 15 is 0 Å². The van der Waals surface area contributed by atoms with Gasteiger partial charge in [-0.05, 0) is 53.0 Å². The van der Waals surface area contributed by atoms with Crippen molar-refractivity contribution >= 4 is 18.2 Å². The lowest BCUT2D eigenvalue weighted by Gasteiger charge is -2.14. The second-order valence-electron chi connectivity index (χ2n) is 10.1. The Morgan fingerprint density at radius 3 is 2.29 bits per heavy atom. The van der Waals surface area contributed by atoms with Crippen LogP contribution in [0.3, 0.4) is 0 Å². The van der Waals surface area contributed by atoms with E-state index < -0.39 is 12.2 Å². The molecule has 38 heavy (non-hydrogen) atoms. The van der Waals surface area contributed by atoms with Crippen molar-refractivity contribution in [2.75, 3.05) is 0 Å². The van der Waals surface area contributed by atoms with E-state index in [1.54, 1.807) is 0 Å². The number of aromatic nitrogens is 2. The maximum Gasteiger partial charge on any atom is 0.407 e. The van der Waals surface area contributed by atoms with E-state index in [2.05, 4.69) is 15.2 Å². The summed E-state index contributed by atoms with van der Waals surface area (Å²) >= 11 is 0. The highest BCUT2D eigenvalue weighted by molar-refractivity contribution is 5.71. The number of amides is 2. The van der Waals surface area contributed by atoms with Gasteiger partial charge in [-0.1, -0.05) is 13.3 Å². The summed E-state index contributed by atoms with van der Waals surface area (Å²) in [6, 6.07) is 3.77. The van der Waals surface area contributed by atoms with Crippen LogP contribution in [-0.2, 0) is 51.9 Å². The molecule has 0 unspecified atom stereocenters. The summed E-state index contributed by atoms with van der Waals surface area (Å²) < 4.78 is 20.6. The molecule has 0 atom stereocenters. The molecule has 3 heterocycles. The van der Waals surface area contributed by atoms with E-state index in [1.807, 2.05) is 63.7 Å². The molecule has 1 aliphatic rings. The van der Waals surface area contributed by atoms with Crippen molar-refractivity contribution in [2.45, 2.75) is 105 Å². The number of rotatable bonds is 12. The highest BCUT2D eigenvalue weighted by Crippen LogP contribution is 2.36. The van der Waals surface area contributed by atoms with Crippen LogP contribution in [0.25, 0.3) is 11.3 Å². The number of hydrogen-bond donors (Lipinski definition) is 2. The molecule has 0 saturated carbocycles. The zero-order chi connectivity index (χ0) is 27.7. The largest absolute Gasteiger partial charge is 0.445 e. The second-order valence-corrected chi connectivity index (χ2v) is 10.1. The third-order valence-electron chi connectivity index (χ3n) is 6.14. The Balaban J connectivity index is 1.92. The first-order chi connectivity index (χ1) is 18.2. The molecular formula is C28H41N4O6+. The Kier molecular flexibility index (Phi) is 10.6. The third kappa shape index (κ3) is 7.97. The minimum absolute atomic E-state index is 0.0271. The van der Waals surface area contributed by atoms with Gasteiger partial charge in [-0.3, -0.25) is 4.79 Å². The van der Waals surface area contributed by atoms with Gasteiger partial charge < -0.3 is 29.4 Å². The molecule has 0 aliphatic carbocycles. The molecule has 2 aromatic rings. The van der Waals surface area contributed by atoms with Gasteiger partial charge in [-0.15, -0.1) is 0 Å². The lowest BCUT2D eigenvalue weighted by Crippen LogP contribution is -2.35. The Hall–Kier alpha value is -3.56. The van der Waals surface area contributed by atoms with E-state index in [4.69, 9.17) is 14.2 Å². The van der Waals surface area contributed by atoms with Crippen LogP contribution in [0.2, 0.25) is 0 Å². The van der Waals surface area contributed by atoms with Gasteiger partial charge in [0.05, 0.1) is 11.3 Å². The zero-order valence-electron chi connectivity index (χ0n) is 23.2. The molecule has 208 valence electrons. The molecule has 10 heteroatoms. The van der Waals surface area contributed by atoms with Crippen molar-refractivity contribution in [1.82, 2.24) is 15.2 Å². The zero-order valence-corrected chi connectivity index (χ0v) is 23.2. The van der Waals surface area contributed by atoms with E-state index in [0.717, 1.165) is 60.3 Å². The topological polar surface area (TPSA) is 112 Å². The van der Waals surface area contributed by atoms with Crippen molar-refractivity contribution in [2.24, 2.45) is 0 Å². The molecule has 2 aromatic heterocycles. The fraction of sp³-hybridized carbons (Fsp3) is 0.571. The number of fused-ring (bicyclic) bond motifs is 1. The normalized spacial score (nSPS) is 12.4. The van der Waals surface area contributed by atoms with Gasteiger partial charge in [-0.25, -0.2) is 9.59 Å². The van der Waals surface area contributed by atoms with Crippen LogP contribution in [0, 0.1) is 0 Å². The van der Waals surface area contributed by atoms with Crippen LogP contribution in [0.15, 0.2) is 24.5 Å². The Morgan fingerprint density at radius 1 is 1.00 bits per heavy atom. The van der Waals surface area contributed by atoms with Gasteiger partial charge >= 0.3 is 18.2 Å². The quantitative estimate of drug-likeness (QED) is 0.240. The maximum absolute atomic E-state index is 12.3. The minimum Gasteiger partial charge on any atom is -0.445 e. The minimum atomic E-state index is -0.510. The van der Waals surface area contributed by atoms with E-state index in [-0.39, 0.29) is 38.0 Å². The molecule has 1 aliphatic heterocycles. The van der Waals surface area contributed by atoms with Gasteiger partial charge in [0.2, 0.25) is 0 Å². The lowest BCUT2D eigenvalue weighted by molar-refractivity contribution is -0.727. The second kappa shape index (κ2) is 13.8. The summed E-state index contributed by atoms with van der Waals surface area (Å²) in [5.41, 5.74) is 4.52. The van der Waals surface area contributed by atoms with Crippen LogP contribution in [0.4, 0.5) is 9.59 Å². The van der Waals surface area contributed by atoms with Crippen molar-refractivity contribution in [3.8, 4) is 11.3 Å². The number of unbranched alkanes of at least 4 members (excludes halogenated alkanes) is 1. The van der Waals surface area contributed by atoms with Crippen molar-refractivity contribution < 1.29 is 33.2 Å². The number of pyridine rings is 1. The molecule has 2 N–H and O–H groups in total. The van der Waals surface area contributed by atoms with E-state index in [9.17, 15) is 14.4 Å². The first-order valence-electron chi connectivity index (χ1n) is 13.4. The van der Waals surface area contributed by atoms with Crippen LogP contribution in [-0.4, -0.2) is 34.8 Å². The Labute approximate surface area is 224 Å². The third-order valence-corrected chi connectivity index (χ3v) is 6.14. The highest BCUT2D eigenvalue weighted by Gasteiger charge is 2.29. The standard InChI is InChI=1S/C28H40N4O6/c1-6-7-12-25(33)38-18-31-13-8-10-21(15-31)26-23(17-37-28(35)30-20(4)5)22(24-11-9-14-32(24)26)16-36-27(34)29-19(2)3/h8,10,13,15,19-20H,6-7,9,11-12,14,16-18H2,1-5H3,(H-,29,30,34,35)/p+1.